The van der Waals surface area contributed by atoms with Crippen LogP contribution in [0.5, 0.6) is 0 Å². The minimum absolute atomic E-state index is 0.0168. The van der Waals surface area contributed by atoms with Crippen molar-refractivity contribution in [2.24, 2.45) is 0 Å². The fraction of sp³-hybridized carbons (Fsp3) is 0.533. The number of alkyl halides is 1. The number of hydrogen-bond donors (Lipinski definition) is 1. The van der Waals surface area contributed by atoms with E-state index in [1.54, 1.807) is 0 Å². The number of carbonyl (C=O) groups is 1. The van der Waals surface area contributed by atoms with Crippen molar-refractivity contribution < 1.29 is 4.79 Å². The van der Waals surface area contributed by atoms with E-state index in [9.17, 15) is 4.79 Å². The third kappa shape index (κ3) is 2.86. The summed E-state index contributed by atoms with van der Waals surface area (Å²) in [6.07, 6.45) is 4.31. The molecule has 3 heteroatoms. The van der Waals surface area contributed by atoms with Gasteiger partial charge in [-0.25, -0.2) is 0 Å². The Kier molecular flexibility index (Phi) is 4.28. The Morgan fingerprint density at radius 2 is 1.83 bits per heavy atom. The van der Waals surface area contributed by atoms with Crippen molar-refractivity contribution in [3.63, 3.8) is 0 Å². The number of rotatable bonds is 2. The molecule has 2 unspecified atom stereocenters. The maximum absolute atomic E-state index is 12.3. The van der Waals surface area contributed by atoms with Crippen LogP contribution in [0.4, 0.5) is 0 Å². The molecule has 0 saturated heterocycles. The van der Waals surface area contributed by atoms with Gasteiger partial charge in [-0.05, 0) is 37.8 Å². The number of amides is 1. The number of nitrogens with one attached hydrogen (secondary N) is 1. The molecule has 1 aliphatic carbocycles. The van der Waals surface area contributed by atoms with Crippen LogP contribution in [-0.4, -0.2) is 17.3 Å². The summed E-state index contributed by atoms with van der Waals surface area (Å²) in [5.41, 5.74) is 2.84. The molecule has 1 saturated carbocycles. The van der Waals surface area contributed by atoms with Gasteiger partial charge in [-0.3, -0.25) is 4.79 Å². The molecule has 1 fully saturated rings. The Morgan fingerprint density at radius 3 is 2.44 bits per heavy atom. The van der Waals surface area contributed by atoms with Crippen LogP contribution in [0.25, 0.3) is 0 Å². The van der Waals surface area contributed by atoms with Gasteiger partial charge in [0.05, 0.1) is 5.38 Å². The van der Waals surface area contributed by atoms with Crippen LogP contribution in [0, 0.1) is 13.8 Å². The maximum atomic E-state index is 12.3. The van der Waals surface area contributed by atoms with Crippen molar-refractivity contribution in [3.05, 3.63) is 34.9 Å². The van der Waals surface area contributed by atoms with Gasteiger partial charge in [0, 0.05) is 11.6 Å². The Labute approximate surface area is 114 Å². The third-order valence-electron chi connectivity index (χ3n) is 3.71. The lowest BCUT2D eigenvalue weighted by Crippen LogP contribution is -2.43. The van der Waals surface area contributed by atoms with Crippen molar-refractivity contribution in [2.75, 3.05) is 0 Å². The maximum Gasteiger partial charge on any atom is 0.252 e. The average Bonchev–Trinajstić information content (AvgIpc) is 2.32. The second-order valence-corrected chi connectivity index (χ2v) is 5.71. The highest BCUT2D eigenvalue weighted by molar-refractivity contribution is 6.21. The first-order valence-electron chi connectivity index (χ1n) is 6.60. The highest BCUT2D eigenvalue weighted by Crippen LogP contribution is 2.24. The summed E-state index contributed by atoms with van der Waals surface area (Å²) in [4.78, 5) is 12.3. The van der Waals surface area contributed by atoms with E-state index in [1.807, 2.05) is 32.0 Å². The standard InChI is InChI=1S/C15H20ClNO/c1-10-6-5-7-11(2)14(10)15(18)17-13-9-4-3-8-12(13)16/h5-7,12-13H,3-4,8-9H2,1-2H3,(H,17,18). The normalized spacial score (nSPS) is 23.7. The molecule has 0 aliphatic heterocycles. The molecule has 1 aromatic rings. The summed E-state index contributed by atoms with van der Waals surface area (Å²) in [5.74, 6) is 0.0168. The lowest BCUT2D eigenvalue weighted by molar-refractivity contribution is 0.0927. The van der Waals surface area contributed by atoms with E-state index in [-0.39, 0.29) is 17.3 Å². The topological polar surface area (TPSA) is 29.1 Å². The fourth-order valence-electron chi connectivity index (χ4n) is 2.66. The zero-order valence-electron chi connectivity index (χ0n) is 11.0. The molecule has 0 aromatic heterocycles. The van der Waals surface area contributed by atoms with Gasteiger partial charge in [0.25, 0.3) is 5.91 Å². The molecule has 0 bridgehead atoms. The SMILES string of the molecule is Cc1cccc(C)c1C(=O)NC1CCCCC1Cl. The molecule has 1 amide bonds. The van der Waals surface area contributed by atoms with Crippen molar-refractivity contribution in [3.8, 4) is 0 Å². The molecule has 98 valence electrons. The Morgan fingerprint density at radius 1 is 1.22 bits per heavy atom. The van der Waals surface area contributed by atoms with Crippen LogP contribution in [0.15, 0.2) is 18.2 Å². The van der Waals surface area contributed by atoms with Crippen molar-refractivity contribution >= 4 is 17.5 Å². The highest BCUT2D eigenvalue weighted by atomic mass is 35.5. The van der Waals surface area contributed by atoms with Gasteiger partial charge in [0.2, 0.25) is 0 Å². The smallest absolute Gasteiger partial charge is 0.252 e. The fourth-order valence-corrected chi connectivity index (χ4v) is 3.00. The van der Waals surface area contributed by atoms with Gasteiger partial charge in [-0.2, -0.15) is 0 Å². The zero-order valence-corrected chi connectivity index (χ0v) is 11.8. The lowest BCUT2D eigenvalue weighted by Gasteiger charge is -2.28. The van der Waals surface area contributed by atoms with E-state index in [0.29, 0.717) is 0 Å². The largest absolute Gasteiger partial charge is 0.348 e. The molecule has 1 N–H and O–H groups in total. The van der Waals surface area contributed by atoms with Crippen LogP contribution in [0.3, 0.4) is 0 Å². The van der Waals surface area contributed by atoms with Crippen LogP contribution in [0.1, 0.15) is 47.2 Å². The highest BCUT2D eigenvalue weighted by Gasteiger charge is 2.25. The number of hydrogen-bond acceptors (Lipinski definition) is 1. The van der Waals surface area contributed by atoms with E-state index < -0.39 is 0 Å². The third-order valence-corrected chi connectivity index (χ3v) is 4.23. The minimum atomic E-state index is 0.0168. The monoisotopic (exact) mass is 265 g/mol. The van der Waals surface area contributed by atoms with Gasteiger partial charge >= 0.3 is 0 Å². The van der Waals surface area contributed by atoms with Crippen LogP contribution in [0.2, 0.25) is 0 Å². The summed E-state index contributed by atoms with van der Waals surface area (Å²) >= 11 is 6.28. The average molecular weight is 266 g/mol. The lowest BCUT2D eigenvalue weighted by atomic mass is 9.94. The van der Waals surface area contributed by atoms with E-state index in [0.717, 1.165) is 36.0 Å². The molecule has 18 heavy (non-hydrogen) atoms. The molecule has 2 atom stereocenters. The molecule has 2 rings (SSSR count). The number of aryl methyl sites for hydroxylation is 2. The second-order valence-electron chi connectivity index (χ2n) is 5.15. The summed E-state index contributed by atoms with van der Waals surface area (Å²) in [7, 11) is 0. The molecule has 0 radical (unpaired) electrons. The van der Waals surface area contributed by atoms with Crippen LogP contribution >= 0.6 is 11.6 Å². The number of benzene rings is 1. The van der Waals surface area contributed by atoms with E-state index >= 15 is 0 Å². The first-order chi connectivity index (χ1) is 8.59. The molecule has 1 aliphatic rings. The molecule has 0 spiro atoms. The van der Waals surface area contributed by atoms with Gasteiger partial charge in [0.15, 0.2) is 0 Å². The molecule has 2 nitrogen and oxygen atoms in total. The summed E-state index contributed by atoms with van der Waals surface area (Å²) in [6, 6.07) is 6.04. The molecule has 0 heterocycles. The Hall–Kier alpha value is -1.02. The predicted molar refractivity (Wildman–Crippen MR) is 75.3 cm³/mol. The van der Waals surface area contributed by atoms with Gasteiger partial charge in [-0.1, -0.05) is 31.0 Å². The summed E-state index contributed by atoms with van der Waals surface area (Å²) in [6.45, 7) is 3.95. The molecular formula is C15H20ClNO. The van der Waals surface area contributed by atoms with Crippen LogP contribution < -0.4 is 5.32 Å². The first-order valence-corrected chi connectivity index (χ1v) is 7.04. The van der Waals surface area contributed by atoms with Gasteiger partial charge < -0.3 is 5.32 Å². The Bertz CT molecular complexity index is 424. The van der Waals surface area contributed by atoms with Gasteiger partial charge in [-0.15, -0.1) is 11.6 Å². The molecular weight excluding hydrogens is 246 g/mol. The van der Waals surface area contributed by atoms with E-state index in [4.69, 9.17) is 11.6 Å². The van der Waals surface area contributed by atoms with Gasteiger partial charge in [0.1, 0.15) is 0 Å². The number of carbonyl (C=O) groups excluding carboxylic acids is 1. The first kappa shape index (κ1) is 13.4. The number of halogens is 1. The van der Waals surface area contributed by atoms with Crippen molar-refractivity contribution in [2.45, 2.75) is 50.9 Å². The summed E-state index contributed by atoms with van der Waals surface area (Å²) < 4.78 is 0. The molecule has 1 aromatic carbocycles. The second kappa shape index (κ2) is 5.75. The summed E-state index contributed by atoms with van der Waals surface area (Å²) in [5, 5.41) is 3.17. The van der Waals surface area contributed by atoms with Crippen molar-refractivity contribution in [1.82, 2.24) is 5.32 Å². The predicted octanol–water partition coefficient (Wildman–Crippen LogP) is 3.58. The quantitative estimate of drug-likeness (QED) is 0.814. The van der Waals surface area contributed by atoms with E-state index in [2.05, 4.69) is 5.32 Å². The van der Waals surface area contributed by atoms with Crippen molar-refractivity contribution in [1.29, 1.82) is 0 Å². The van der Waals surface area contributed by atoms with E-state index in [1.165, 1.54) is 6.42 Å². The minimum Gasteiger partial charge on any atom is -0.348 e. The Balaban J connectivity index is 2.12. The zero-order chi connectivity index (χ0) is 13.1. The van der Waals surface area contributed by atoms with Crippen LogP contribution in [-0.2, 0) is 0 Å².